The molecule has 5 rings (SSSR count). The average Bonchev–Trinajstić information content (AvgIpc) is 3.33. The Hall–Kier alpha value is -3.02. The Morgan fingerprint density at radius 3 is 1.93 bits per heavy atom. The minimum absolute atomic E-state index is 0.332. The third-order valence-corrected chi connectivity index (χ3v) is 7.61. The Morgan fingerprint density at radius 1 is 0.767 bits per heavy atom. The first-order chi connectivity index (χ1) is 14.6. The normalized spacial score (nSPS) is 15.5. The monoisotopic (exact) mass is 414 g/mol. The number of rotatable bonds is 4. The van der Waals surface area contributed by atoms with Crippen molar-refractivity contribution < 1.29 is 8.42 Å². The van der Waals surface area contributed by atoms with Crippen LogP contribution in [0.1, 0.15) is 18.4 Å². The lowest BCUT2D eigenvalue weighted by Gasteiger charge is -2.15. The molecule has 0 spiro atoms. The summed E-state index contributed by atoms with van der Waals surface area (Å²) in [5.41, 5.74) is 1.80. The molecule has 0 N–H and O–H groups in total. The smallest absolute Gasteiger partial charge is 0.243 e. The molecule has 0 saturated carbocycles. The van der Waals surface area contributed by atoms with Gasteiger partial charge in [-0.15, -0.1) is 0 Å². The van der Waals surface area contributed by atoms with Gasteiger partial charge in [-0.05, 0) is 64.7 Å². The molecular weight excluding hydrogens is 392 g/mol. The summed E-state index contributed by atoms with van der Waals surface area (Å²) in [7, 11) is -3.40. The Labute approximate surface area is 176 Å². The second-order valence-corrected chi connectivity index (χ2v) is 9.53. The highest BCUT2D eigenvalue weighted by molar-refractivity contribution is 7.89. The molecule has 0 unspecified atom stereocenters. The third-order valence-electron chi connectivity index (χ3n) is 5.70. The van der Waals surface area contributed by atoms with Gasteiger partial charge in [0, 0.05) is 24.9 Å². The van der Waals surface area contributed by atoms with Gasteiger partial charge in [0.05, 0.1) is 10.6 Å². The van der Waals surface area contributed by atoms with Gasteiger partial charge in [0.25, 0.3) is 0 Å². The predicted octanol–water partition coefficient (Wildman–Crippen LogP) is 5.53. The fourth-order valence-corrected chi connectivity index (χ4v) is 5.63. The summed E-state index contributed by atoms with van der Waals surface area (Å²) in [5, 5.41) is 4.63. The SMILES string of the molecule is O=S(=O)(c1ccc(N=Cc2c3ccccc3cc3ccccc23)cc1)N1CCCC1. The van der Waals surface area contributed by atoms with Crippen molar-refractivity contribution in [1.82, 2.24) is 4.31 Å². The van der Waals surface area contributed by atoms with Crippen LogP contribution >= 0.6 is 0 Å². The van der Waals surface area contributed by atoms with Crippen molar-refractivity contribution >= 4 is 43.5 Å². The van der Waals surface area contributed by atoms with Crippen molar-refractivity contribution in [3.05, 3.63) is 84.4 Å². The maximum atomic E-state index is 12.7. The molecule has 1 saturated heterocycles. The van der Waals surface area contributed by atoms with Gasteiger partial charge in [0.15, 0.2) is 0 Å². The van der Waals surface area contributed by atoms with E-state index < -0.39 is 10.0 Å². The molecule has 4 aromatic rings. The molecule has 1 aliphatic heterocycles. The van der Waals surface area contributed by atoms with Gasteiger partial charge in [0.1, 0.15) is 0 Å². The summed E-state index contributed by atoms with van der Waals surface area (Å²) < 4.78 is 27.0. The molecule has 0 aliphatic carbocycles. The number of nitrogens with zero attached hydrogens (tertiary/aromatic N) is 2. The molecule has 0 atom stereocenters. The molecule has 1 aliphatic rings. The summed E-state index contributed by atoms with van der Waals surface area (Å²) in [6.45, 7) is 1.22. The largest absolute Gasteiger partial charge is 0.256 e. The first kappa shape index (κ1) is 19.0. The number of hydrogen-bond acceptors (Lipinski definition) is 3. The van der Waals surface area contributed by atoms with Crippen LogP contribution in [-0.4, -0.2) is 32.0 Å². The van der Waals surface area contributed by atoms with Crippen LogP contribution in [-0.2, 0) is 10.0 Å². The Balaban J connectivity index is 1.52. The zero-order valence-corrected chi connectivity index (χ0v) is 17.3. The van der Waals surface area contributed by atoms with Crippen LogP contribution in [0.5, 0.6) is 0 Å². The van der Waals surface area contributed by atoms with E-state index >= 15 is 0 Å². The molecule has 0 aromatic heterocycles. The van der Waals surface area contributed by atoms with E-state index in [0.717, 1.165) is 34.9 Å². The summed E-state index contributed by atoms with van der Waals surface area (Å²) in [6.07, 6.45) is 3.75. The molecule has 0 radical (unpaired) electrons. The van der Waals surface area contributed by atoms with Crippen LogP contribution in [0.15, 0.2) is 88.8 Å². The van der Waals surface area contributed by atoms with E-state index in [9.17, 15) is 8.42 Å². The van der Waals surface area contributed by atoms with Gasteiger partial charge < -0.3 is 0 Å². The molecule has 30 heavy (non-hydrogen) atoms. The van der Waals surface area contributed by atoms with E-state index in [0.29, 0.717) is 18.0 Å². The minimum atomic E-state index is -3.40. The second kappa shape index (κ2) is 7.67. The lowest BCUT2D eigenvalue weighted by atomic mass is 9.97. The lowest BCUT2D eigenvalue weighted by Crippen LogP contribution is -2.27. The van der Waals surface area contributed by atoms with Gasteiger partial charge in [-0.2, -0.15) is 4.31 Å². The van der Waals surface area contributed by atoms with Crippen molar-refractivity contribution in [3.8, 4) is 0 Å². The summed E-state index contributed by atoms with van der Waals surface area (Å²) in [4.78, 5) is 5.00. The second-order valence-electron chi connectivity index (χ2n) is 7.60. The van der Waals surface area contributed by atoms with E-state index in [2.05, 4.69) is 35.3 Å². The zero-order chi connectivity index (χ0) is 20.6. The van der Waals surface area contributed by atoms with Crippen molar-refractivity contribution in [2.45, 2.75) is 17.7 Å². The van der Waals surface area contributed by atoms with Crippen LogP contribution in [0.25, 0.3) is 21.5 Å². The molecule has 1 fully saturated rings. The van der Waals surface area contributed by atoms with Crippen molar-refractivity contribution in [1.29, 1.82) is 0 Å². The first-order valence-electron chi connectivity index (χ1n) is 10.2. The Morgan fingerprint density at radius 2 is 1.33 bits per heavy atom. The summed E-state index contributed by atoms with van der Waals surface area (Å²) in [6, 6.07) is 25.6. The molecular formula is C25H22N2O2S. The highest BCUT2D eigenvalue weighted by Gasteiger charge is 2.26. The molecule has 5 heteroatoms. The Kier molecular flexibility index (Phi) is 4.85. The van der Waals surface area contributed by atoms with E-state index in [1.807, 2.05) is 30.5 Å². The lowest BCUT2D eigenvalue weighted by molar-refractivity contribution is 0.477. The van der Waals surface area contributed by atoms with E-state index in [1.54, 1.807) is 28.6 Å². The number of sulfonamides is 1. The van der Waals surface area contributed by atoms with Gasteiger partial charge >= 0.3 is 0 Å². The number of fused-ring (bicyclic) bond motifs is 2. The van der Waals surface area contributed by atoms with Gasteiger partial charge in [-0.25, -0.2) is 8.42 Å². The van der Waals surface area contributed by atoms with E-state index in [4.69, 9.17) is 0 Å². The van der Waals surface area contributed by atoms with Crippen LogP contribution in [0, 0.1) is 0 Å². The zero-order valence-electron chi connectivity index (χ0n) is 16.5. The standard InChI is InChI=1S/C25H22N2O2S/c28-30(29,27-15-5-6-16-27)22-13-11-21(12-14-22)26-18-25-23-9-3-1-7-19(23)17-20-8-2-4-10-24(20)25/h1-4,7-14,17-18H,5-6,15-16H2. The Bertz CT molecular complexity index is 1300. The summed E-state index contributed by atoms with van der Waals surface area (Å²) in [5.74, 6) is 0. The fourth-order valence-electron chi connectivity index (χ4n) is 4.11. The highest BCUT2D eigenvalue weighted by atomic mass is 32.2. The van der Waals surface area contributed by atoms with Gasteiger partial charge in [0.2, 0.25) is 10.0 Å². The van der Waals surface area contributed by atoms with Crippen LogP contribution < -0.4 is 0 Å². The van der Waals surface area contributed by atoms with Crippen molar-refractivity contribution in [2.24, 2.45) is 4.99 Å². The van der Waals surface area contributed by atoms with E-state index in [-0.39, 0.29) is 0 Å². The minimum Gasteiger partial charge on any atom is -0.256 e. The molecule has 1 heterocycles. The summed E-state index contributed by atoms with van der Waals surface area (Å²) >= 11 is 0. The van der Waals surface area contributed by atoms with E-state index in [1.165, 1.54) is 10.8 Å². The van der Waals surface area contributed by atoms with Crippen molar-refractivity contribution in [3.63, 3.8) is 0 Å². The quantitative estimate of drug-likeness (QED) is 0.326. The molecule has 4 aromatic carbocycles. The molecule has 0 amide bonds. The van der Waals surface area contributed by atoms with Crippen molar-refractivity contribution in [2.75, 3.05) is 13.1 Å². The topological polar surface area (TPSA) is 49.7 Å². The fraction of sp³-hybridized carbons (Fsp3) is 0.160. The third kappa shape index (κ3) is 3.40. The molecule has 4 nitrogen and oxygen atoms in total. The first-order valence-corrected chi connectivity index (χ1v) is 11.6. The number of hydrogen-bond donors (Lipinski definition) is 0. The number of aliphatic imine (C=N–C) groups is 1. The van der Waals surface area contributed by atoms with Gasteiger partial charge in [-0.1, -0.05) is 48.5 Å². The van der Waals surface area contributed by atoms with Crippen LogP contribution in [0.2, 0.25) is 0 Å². The average molecular weight is 415 g/mol. The highest BCUT2D eigenvalue weighted by Crippen LogP contribution is 2.28. The number of benzene rings is 4. The van der Waals surface area contributed by atoms with Gasteiger partial charge in [-0.3, -0.25) is 4.99 Å². The predicted molar refractivity (Wildman–Crippen MR) is 123 cm³/mol. The maximum absolute atomic E-state index is 12.7. The van der Waals surface area contributed by atoms with Crippen LogP contribution in [0.4, 0.5) is 5.69 Å². The maximum Gasteiger partial charge on any atom is 0.243 e. The molecule has 0 bridgehead atoms. The molecule has 150 valence electrons. The van der Waals surface area contributed by atoms with Crippen LogP contribution in [0.3, 0.4) is 0 Å².